The van der Waals surface area contributed by atoms with Crippen molar-refractivity contribution in [2.24, 2.45) is 0 Å². The van der Waals surface area contributed by atoms with Gasteiger partial charge in [-0.1, -0.05) is 0 Å². The van der Waals surface area contributed by atoms with Crippen LogP contribution in [-0.2, 0) is 14.3 Å². The van der Waals surface area contributed by atoms with Gasteiger partial charge in [-0.3, -0.25) is 15.0 Å². The van der Waals surface area contributed by atoms with Gasteiger partial charge in [0.25, 0.3) is 5.69 Å². The van der Waals surface area contributed by atoms with Crippen LogP contribution >= 0.6 is 0 Å². The number of carboxylic acid groups (broad SMARTS) is 2. The third-order valence-electron chi connectivity index (χ3n) is 3.61. The smallest absolute Gasteiger partial charge is 0.414 e. The van der Waals surface area contributed by atoms with Gasteiger partial charge < -0.3 is 19.7 Å². The van der Waals surface area contributed by atoms with Crippen LogP contribution in [0.25, 0.3) is 0 Å². The maximum Gasteiger partial charge on any atom is 0.414 e. The van der Waals surface area contributed by atoms with Gasteiger partial charge in [-0.05, 0) is 32.4 Å². The minimum Gasteiger partial charge on any atom is -0.494 e. The molecule has 1 heterocycles. The highest BCUT2D eigenvalue weighted by Crippen LogP contribution is 2.17. The van der Waals surface area contributed by atoms with Gasteiger partial charge in [0.2, 0.25) is 0 Å². The summed E-state index contributed by atoms with van der Waals surface area (Å²) >= 11 is 0. The van der Waals surface area contributed by atoms with Crippen molar-refractivity contribution in [3.8, 4) is 5.75 Å². The second kappa shape index (κ2) is 11.1. The Hall–Kier alpha value is -2.72. The van der Waals surface area contributed by atoms with Crippen LogP contribution in [-0.4, -0.2) is 70.4 Å². The molecular formula is C17H24N2O8. The molecule has 1 fully saturated rings. The molecule has 2 unspecified atom stereocenters. The lowest BCUT2D eigenvalue weighted by atomic mass is 10.2. The number of carboxylic acids is 2. The molecule has 1 saturated heterocycles. The van der Waals surface area contributed by atoms with E-state index in [1.165, 1.54) is 12.1 Å². The van der Waals surface area contributed by atoms with Gasteiger partial charge in [-0.15, -0.1) is 0 Å². The number of benzene rings is 1. The zero-order valence-electron chi connectivity index (χ0n) is 15.2. The molecule has 0 saturated carbocycles. The molecule has 2 rings (SSSR count). The molecule has 0 aliphatic carbocycles. The SMILES string of the molecule is CC1CN(CCCOc2ccc([N+](=O)[O-])cc2)CC(C)O1.O=C(O)C(=O)O. The highest BCUT2D eigenvalue weighted by Gasteiger charge is 2.21. The second-order valence-corrected chi connectivity index (χ2v) is 6.08. The van der Waals surface area contributed by atoms with Gasteiger partial charge in [0, 0.05) is 31.8 Å². The van der Waals surface area contributed by atoms with Gasteiger partial charge in [0.1, 0.15) is 5.75 Å². The van der Waals surface area contributed by atoms with Crippen molar-refractivity contribution in [3.63, 3.8) is 0 Å². The Kier molecular flexibility index (Phi) is 9.17. The van der Waals surface area contributed by atoms with Crippen LogP contribution < -0.4 is 4.74 Å². The Labute approximate surface area is 156 Å². The molecule has 0 spiro atoms. The van der Waals surface area contributed by atoms with Gasteiger partial charge in [-0.2, -0.15) is 0 Å². The van der Waals surface area contributed by atoms with E-state index in [2.05, 4.69) is 18.7 Å². The molecule has 27 heavy (non-hydrogen) atoms. The van der Waals surface area contributed by atoms with Gasteiger partial charge >= 0.3 is 11.9 Å². The van der Waals surface area contributed by atoms with E-state index in [1.807, 2.05) is 0 Å². The summed E-state index contributed by atoms with van der Waals surface area (Å²) in [5.74, 6) is -2.98. The molecule has 2 atom stereocenters. The minimum absolute atomic E-state index is 0.0821. The van der Waals surface area contributed by atoms with E-state index in [9.17, 15) is 10.1 Å². The van der Waals surface area contributed by atoms with Crippen LogP contribution in [0.2, 0.25) is 0 Å². The lowest BCUT2D eigenvalue weighted by Crippen LogP contribution is -2.45. The Bertz CT molecular complexity index is 612. The summed E-state index contributed by atoms with van der Waals surface area (Å²) in [5.41, 5.74) is 0.0821. The van der Waals surface area contributed by atoms with Crippen LogP contribution in [0, 0.1) is 10.1 Å². The lowest BCUT2D eigenvalue weighted by molar-refractivity contribution is -0.384. The summed E-state index contributed by atoms with van der Waals surface area (Å²) in [6.45, 7) is 7.69. The van der Waals surface area contributed by atoms with Crippen molar-refractivity contribution in [2.75, 3.05) is 26.2 Å². The Balaban J connectivity index is 0.000000527. The lowest BCUT2D eigenvalue weighted by Gasteiger charge is -2.35. The maximum absolute atomic E-state index is 10.5. The normalized spacial score (nSPS) is 19.5. The van der Waals surface area contributed by atoms with E-state index in [0.717, 1.165) is 26.1 Å². The molecule has 0 radical (unpaired) electrons. The van der Waals surface area contributed by atoms with E-state index in [1.54, 1.807) is 12.1 Å². The van der Waals surface area contributed by atoms with Crippen molar-refractivity contribution < 1.29 is 34.2 Å². The Morgan fingerprint density at radius 3 is 2.15 bits per heavy atom. The summed E-state index contributed by atoms with van der Waals surface area (Å²) in [6, 6.07) is 6.19. The van der Waals surface area contributed by atoms with Crippen LogP contribution in [0.15, 0.2) is 24.3 Å². The van der Waals surface area contributed by atoms with E-state index >= 15 is 0 Å². The van der Waals surface area contributed by atoms with Crippen molar-refractivity contribution in [2.45, 2.75) is 32.5 Å². The largest absolute Gasteiger partial charge is 0.494 e. The zero-order chi connectivity index (χ0) is 20.4. The molecule has 10 heteroatoms. The summed E-state index contributed by atoms with van der Waals surface area (Å²) in [6.07, 6.45) is 1.49. The van der Waals surface area contributed by atoms with Gasteiger partial charge in [-0.25, -0.2) is 9.59 Å². The fourth-order valence-corrected chi connectivity index (χ4v) is 2.61. The second-order valence-electron chi connectivity index (χ2n) is 6.08. The molecule has 1 aliphatic heterocycles. The van der Waals surface area contributed by atoms with E-state index in [4.69, 9.17) is 29.3 Å². The molecule has 150 valence electrons. The predicted molar refractivity (Wildman–Crippen MR) is 94.9 cm³/mol. The molecule has 0 bridgehead atoms. The van der Waals surface area contributed by atoms with Crippen LogP contribution in [0.5, 0.6) is 5.75 Å². The third-order valence-corrected chi connectivity index (χ3v) is 3.61. The fraction of sp³-hybridized carbons (Fsp3) is 0.529. The number of rotatable bonds is 6. The highest BCUT2D eigenvalue weighted by molar-refractivity contribution is 6.27. The summed E-state index contributed by atoms with van der Waals surface area (Å²) in [7, 11) is 0. The van der Waals surface area contributed by atoms with Crippen LogP contribution in [0.1, 0.15) is 20.3 Å². The first-order chi connectivity index (χ1) is 12.7. The number of hydrogen-bond donors (Lipinski definition) is 2. The number of hydrogen-bond acceptors (Lipinski definition) is 7. The molecule has 0 amide bonds. The molecule has 1 aromatic carbocycles. The number of ether oxygens (including phenoxy) is 2. The van der Waals surface area contributed by atoms with E-state index in [-0.39, 0.29) is 17.9 Å². The van der Waals surface area contributed by atoms with E-state index < -0.39 is 16.9 Å². The molecule has 2 N–H and O–H groups in total. The summed E-state index contributed by atoms with van der Waals surface area (Å²) < 4.78 is 11.3. The number of nitro benzene ring substituents is 1. The van der Waals surface area contributed by atoms with Gasteiger partial charge in [0.15, 0.2) is 0 Å². The standard InChI is InChI=1S/C15H22N2O4.C2H2O4/c1-12-10-16(11-13(2)21-12)8-3-9-20-15-6-4-14(5-7-15)17(18)19;3-1(4)2(5)6/h4-7,12-13H,3,8-11H2,1-2H3;(H,3,4)(H,5,6). The van der Waals surface area contributed by atoms with Gasteiger partial charge in [0.05, 0.1) is 23.7 Å². The molecule has 1 aromatic rings. The predicted octanol–water partition coefficient (Wildman–Crippen LogP) is 1.63. The minimum atomic E-state index is -1.82. The highest BCUT2D eigenvalue weighted by atomic mass is 16.6. The Morgan fingerprint density at radius 1 is 1.19 bits per heavy atom. The number of aliphatic carboxylic acids is 2. The maximum atomic E-state index is 10.5. The quantitative estimate of drug-likeness (QED) is 0.324. The molecule has 1 aliphatic rings. The first-order valence-electron chi connectivity index (χ1n) is 8.40. The fourth-order valence-electron chi connectivity index (χ4n) is 2.61. The first-order valence-corrected chi connectivity index (χ1v) is 8.40. The molecular weight excluding hydrogens is 360 g/mol. The van der Waals surface area contributed by atoms with Crippen molar-refractivity contribution in [3.05, 3.63) is 34.4 Å². The zero-order valence-corrected chi connectivity index (χ0v) is 15.2. The third kappa shape index (κ3) is 8.97. The number of nitrogens with zero attached hydrogens (tertiary/aromatic N) is 2. The first kappa shape index (κ1) is 22.3. The number of carbonyl (C=O) groups is 2. The van der Waals surface area contributed by atoms with Crippen molar-refractivity contribution >= 4 is 17.6 Å². The molecule has 0 aromatic heterocycles. The summed E-state index contributed by atoms with van der Waals surface area (Å²) in [4.78, 5) is 30.7. The van der Waals surface area contributed by atoms with E-state index in [0.29, 0.717) is 12.4 Å². The van der Waals surface area contributed by atoms with Crippen molar-refractivity contribution in [1.82, 2.24) is 4.90 Å². The monoisotopic (exact) mass is 384 g/mol. The van der Waals surface area contributed by atoms with Crippen LogP contribution in [0.4, 0.5) is 5.69 Å². The molecule has 10 nitrogen and oxygen atoms in total. The average Bonchev–Trinajstić information content (AvgIpc) is 2.59. The number of morpholine rings is 1. The topological polar surface area (TPSA) is 139 Å². The number of nitro groups is 1. The average molecular weight is 384 g/mol. The summed E-state index contributed by atoms with van der Waals surface area (Å²) in [5, 5.41) is 25.3. The number of non-ortho nitro benzene ring substituents is 1. The Morgan fingerprint density at radius 2 is 1.70 bits per heavy atom. The van der Waals surface area contributed by atoms with Crippen molar-refractivity contribution in [1.29, 1.82) is 0 Å². The van der Waals surface area contributed by atoms with Crippen LogP contribution in [0.3, 0.4) is 0 Å².